The molecule has 0 aliphatic carbocycles. The van der Waals surface area contributed by atoms with Crippen LogP contribution in [0.15, 0.2) is 30.3 Å². The third-order valence-corrected chi connectivity index (χ3v) is 2.91. The molecular weight excluding hydrogens is 336 g/mol. The predicted octanol–water partition coefficient (Wildman–Crippen LogP) is 3.62. The fourth-order valence-electron chi connectivity index (χ4n) is 1.98. The van der Waals surface area contributed by atoms with Gasteiger partial charge in [0.05, 0.1) is 13.0 Å². The summed E-state index contributed by atoms with van der Waals surface area (Å²) in [6.07, 6.45) is -1.32. The van der Waals surface area contributed by atoms with E-state index in [2.05, 4.69) is 0 Å². The minimum atomic E-state index is -1.08. The molecule has 0 N–H and O–H groups in total. The molecule has 0 fully saturated rings. The molecule has 0 saturated heterocycles. The average Bonchev–Trinajstić information content (AvgIpc) is 2.47. The smallest absolute Gasteiger partial charge is 0.336 e. The molecule has 0 aliphatic heterocycles. The second-order valence-electron chi connectivity index (χ2n) is 7.93. The van der Waals surface area contributed by atoms with Crippen LogP contribution >= 0.6 is 0 Å². The fourth-order valence-corrected chi connectivity index (χ4v) is 1.98. The molecule has 0 unspecified atom stereocenters. The Hall–Kier alpha value is -1.92. The van der Waals surface area contributed by atoms with Crippen LogP contribution < -0.4 is 0 Å². The van der Waals surface area contributed by atoms with Crippen LogP contribution in [0.4, 0.5) is 0 Å². The van der Waals surface area contributed by atoms with Gasteiger partial charge in [-0.1, -0.05) is 30.3 Å². The first kappa shape index (κ1) is 22.1. The Labute approximate surface area is 155 Å². The summed E-state index contributed by atoms with van der Waals surface area (Å²) in [4.78, 5) is 24.4. The van der Waals surface area contributed by atoms with Crippen LogP contribution in [0.2, 0.25) is 0 Å². The van der Waals surface area contributed by atoms with E-state index in [1.807, 2.05) is 30.3 Å². The largest absolute Gasteiger partial charge is 0.460 e. The maximum Gasteiger partial charge on any atom is 0.336 e. The molecule has 0 saturated carbocycles. The van der Waals surface area contributed by atoms with Crippen molar-refractivity contribution in [2.75, 3.05) is 6.79 Å². The zero-order chi connectivity index (χ0) is 19.8. The highest BCUT2D eigenvalue weighted by molar-refractivity contribution is 5.82. The number of ether oxygens (including phenoxy) is 4. The predicted molar refractivity (Wildman–Crippen MR) is 97.3 cm³/mol. The van der Waals surface area contributed by atoms with Crippen LogP contribution in [0.5, 0.6) is 0 Å². The fraction of sp³-hybridized carbons (Fsp3) is 0.600. The lowest BCUT2D eigenvalue weighted by Crippen LogP contribution is -2.37. The monoisotopic (exact) mass is 366 g/mol. The molecule has 146 valence electrons. The molecule has 0 bridgehead atoms. The van der Waals surface area contributed by atoms with E-state index < -0.39 is 29.2 Å². The molecule has 0 heterocycles. The highest BCUT2D eigenvalue weighted by atomic mass is 16.7. The molecule has 0 radical (unpaired) electrons. The van der Waals surface area contributed by atoms with E-state index in [9.17, 15) is 9.59 Å². The van der Waals surface area contributed by atoms with Crippen LogP contribution in [0.3, 0.4) is 0 Å². The van der Waals surface area contributed by atoms with Gasteiger partial charge in [0.25, 0.3) is 0 Å². The summed E-state index contributed by atoms with van der Waals surface area (Å²) in [6, 6.07) is 9.58. The lowest BCUT2D eigenvalue weighted by atomic mass is 10.1. The van der Waals surface area contributed by atoms with Crippen LogP contribution in [-0.2, 0) is 35.1 Å². The van der Waals surface area contributed by atoms with E-state index in [0.29, 0.717) is 6.61 Å². The summed E-state index contributed by atoms with van der Waals surface area (Å²) in [5, 5.41) is 0. The summed E-state index contributed by atoms with van der Waals surface area (Å²) in [5.74, 6) is -1.15. The highest BCUT2D eigenvalue weighted by Crippen LogP contribution is 2.15. The number of esters is 2. The molecule has 0 spiro atoms. The van der Waals surface area contributed by atoms with Gasteiger partial charge in [0.1, 0.15) is 18.0 Å². The first-order chi connectivity index (χ1) is 12.0. The van der Waals surface area contributed by atoms with Gasteiger partial charge in [-0.3, -0.25) is 4.79 Å². The standard InChI is InChI=1S/C20H30O6/c1-19(2,3)25-17(21)12-16(18(22)26-20(4,5)6)24-14-23-13-15-10-8-7-9-11-15/h7-11,16H,12-14H2,1-6H3/t16-/m1/s1. The van der Waals surface area contributed by atoms with Crippen molar-refractivity contribution in [3.63, 3.8) is 0 Å². The molecule has 0 amide bonds. The maximum atomic E-state index is 12.3. The molecule has 0 aliphatic rings. The Balaban J connectivity index is 2.59. The van der Waals surface area contributed by atoms with E-state index in [1.165, 1.54) is 0 Å². The van der Waals surface area contributed by atoms with Crippen LogP contribution in [-0.4, -0.2) is 36.0 Å². The lowest BCUT2D eigenvalue weighted by Gasteiger charge is -2.25. The Morgan fingerprint density at radius 3 is 2.04 bits per heavy atom. The van der Waals surface area contributed by atoms with Crippen LogP contribution in [0.25, 0.3) is 0 Å². The van der Waals surface area contributed by atoms with Crippen molar-refractivity contribution in [3.05, 3.63) is 35.9 Å². The van der Waals surface area contributed by atoms with Crippen LogP contribution in [0.1, 0.15) is 53.5 Å². The summed E-state index contributed by atoms with van der Waals surface area (Å²) in [5.41, 5.74) is -0.339. The molecule has 6 nitrogen and oxygen atoms in total. The van der Waals surface area contributed by atoms with Crippen molar-refractivity contribution in [1.82, 2.24) is 0 Å². The van der Waals surface area contributed by atoms with Gasteiger partial charge in [-0.25, -0.2) is 4.79 Å². The maximum absolute atomic E-state index is 12.3. The van der Waals surface area contributed by atoms with Gasteiger partial charge in [0.2, 0.25) is 0 Å². The van der Waals surface area contributed by atoms with Crippen molar-refractivity contribution >= 4 is 11.9 Å². The number of carbonyl (C=O) groups is 2. The number of hydrogen-bond acceptors (Lipinski definition) is 6. The van der Waals surface area contributed by atoms with Gasteiger partial charge in [-0.05, 0) is 47.1 Å². The Morgan fingerprint density at radius 2 is 1.50 bits per heavy atom. The van der Waals surface area contributed by atoms with Crippen molar-refractivity contribution in [1.29, 1.82) is 0 Å². The lowest BCUT2D eigenvalue weighted by molar-refractivity contribution is -0.185. The molecule has 26 heavy (non-hydrogen) atoms. The minimum absolute atomic E-state index is 0.137. The quantitative estimate of drug-likeness (QED) is 0.398. The van der Waals surface area contributed by atoms with Gasteiger partial charge in [0.15, 0.2) is 6.10 Å². The van der Waals surface area contributed by atoms with Crippen molar-refractivity contribution in [2.45, 2.75) is 71.9 Å². The van der Waals surface area contributed by atoms with E-state index >= 15 is 0 Å². The molecule has 1 atom stereocenters. The summed E-state index contributed by atoms with van der Waals surface area (Å²) in [6.45, 7) is 10.7. The minimum Gasteiger partial charge on any atom is -0.460 e. The Bertz CT molecular complexity index is 568. The van der Waals surface area contributed by atoms with Crippen molar-refractivity contribution < 1.29 is 28.5 Å². The second-order valence-corrected chi connectivity index (χ2v) is 7.93. The molecule has 1 rings (SSSR count). The van der Waals surface area contributed by atoms with Gasteiger partial charge >= 0.3 is 11.9 Å². The first-order valence-electron chi connectivity index (χ1n) is 8.64. The van der Waals surface area contributed by atoms with Gasteiger partial charge in [-0.2, -0.15) is 0 Å². The summed E-state index contributed by atoms with van der Waals surface area (Å²) in [7, 11) is 0. The van der Waals surface area contributed by atoms with Gasteiger partial charge in [-0.15, -0.1) is 0 Å². The normalized spacial score (nSPS) is 13.2. The van der Waals surface area contributed by atoms with Gasteiger partial charge in [0, 0.05) is 0 Å². The molecule has 0 aromatic heterocycles. The van der Waals surface area contributed by atoms with E-state index in [-0.39, 0.29) is 13.2 Å². The van der Waals surface area contributed by atoms with E-state index in [4.69, 9.17) is 18.9 Å². The number of hydrogen-bond donors (Lipinski definition) is 0. The van der Waals surface area contributed by atoms with E-state index in [0.717, 1.165) is 5.56 Å². The Morgan fingerprint density at radius 1 is 0.923 bits per heavy atom. The third-order valence-electron chi connectivity index (χ3n) is 2.91. The molecule has 1 aromatic carbocycles. The van der Waals surface area contributed by atoms with Crippen molar-refractivity contribution in [3.8, 4) is 0 Å². The van der Waals surface area contributed by atoms with E-state index in [1.54, 1.807) is 41.5 Å². The average molecular weight is 366 g/mol. The van der Waals surface area contributed by atoms with Crippen molar-refractivity contribution in [2.24, 2.45) is 0 Å². The highest BCUT2D eigenvalue weighted by Gasteiger charge is 2.30. The van der Waals surface area contributed by atoms with Crippen LogP contribution in [0, 0.1) is 0 Å². The number of carbonyl (C=O) groups excluding carboxylic acids is 2. The molecule has 1 aromatic rings. The summed E-state index contributed by atoms with van der Waals surface area (Å²) >= 11 is 0. The SMILES string of the molecule is CC(C)(C)OC(=O)C[C@@H](OCOCc1ccccc1)C(=O)OC(C)(C)C. The third kappa shape index (κ3) is 10.2. The van der Waals surface area contributed by atoms with Gasteiger partial charge < -0.3 is 18.9 Å². The first-order valence-corrected chi connectivity index (χ1v) is 8.64. The summed E-state index contributed by atoms with van der Waals surface area (Å²) < 4.78 is 21.5. The zero-order valence-corrected chi connectivity index (χ0v) is 16.5. The Kier molecular flexibility index (Phi) is 8.24. The zero-order valence-electron chi connectivity index (χ0n) is 16.5. The number of rotatable bonds is 8. The second kappa shape index (κ2) is 9.69. The topological polar surface area (TPSA) is 71.1 Å². The molecular formula is C20H30O6. The molecule has 6 heteroatoms. The number of benzene rings is 1.